The molecule has 0 aromatic rings. The lowest BCUT2D eigenvalue weighted by atomic mass is 10.3. The van der Waals surface area contributed by atoms with Gasteiger partial charge in [-0.15, -0.1) is 0 Å². The Balaban J connectivity index is 2.49. The molecule has 14 heavy (non-hydrogen) atoms. The summed E-state index contributed by atoms with van der Waals surface area (Å²) in [7, 11) is 1.30. The molecule has 5 nitrogen and oxygen atoms in total. The predicted octanol–water partition coefficient (Wildman–Crippen LogP) is 0.681. The van der Waals surface area contributed by atoms with Crippen LogP contribution in [0, 0.1) is 0 Å². The number of carbonyl (C=O) groups excluding carboxylic acids is 2. The third kappa shape index (κ3) is 2.12. The zero-order valence-corrected chi connectivity index (χ0v) is 7.86. The molecule has 0 saturated heterocycles. The third-order valence-corrected chi connectivity index (χ3v) is 1.81. The molecule has 5 heteroatoms. The van der Waals surface area contributed by atoms with Crippen molar-refractivity contribution in [2.75, 3.05) is 20.2 Å². The molecule has 0 unspecified atom stereocenters. The van der Waals surface area contributed by atoms with Crippen molar-refractivity contribution in [3.63, 3.8) is 0 Å². The molecule has 0 radical (unpaired) electrons. The van der Waals surface area contributed by atoms with E-state index in [9.17, 15) is 9.59 Å². The summed E-state index contributed by atoms with van der Waals surface area (Å²) in [5.41, 5.74) is 0.466. The van der Waals surface area contributed by atoms with Gasteiger partial charge >= 0.3 is 12.1 Å². The molecule has 0 bridgehead atoms. The highest BCUT2D eigenvalue weighted by Gasteiger charge is 2.24. The summed E-state index contributed by atoms with van der Waals surface area (Å²) in [5, 5.41) is 0. The highest BCUT2D eigenvalue weighted by atomic mass is 16.5. The highest BCUT2D eigenvalue weighted by molar-refractivity contribution is 5.90. The summed E-state index contributed by atoms with van der Waals surface area (Å²) < 4.78 is 9.07. The van der Waals surface area contributed by atoms with E-state index in [2.05, 4.69) is 16.1 Å². The van der Waals surface area contributed by atoms with Gasteiger partial charge in [-0.3, -0.25) is 4.90 Å². The monoisotopic (exact) mass is 197 g/mol. The van der Waals surface area contributed by atoms with Crippen LogP contribution >= 0.6 is 0 Å². The first-order valence-electron chi connectivity index (χ1n) is 4.03. The van der Waals surface area contributed by atoms with E-state index in [-0.39, 0.29) is 6.54 Å². The van der Waals surface area contributed by atoms with Crippen LogP contribution < -0.4 is 0 Å². The topological polar surface area (TPSA) is 55.8 Å². The number of rotatable bonds is 2. The molecule has 1 aliphatic heterocycles. The van der Waals surface area contributed by atoms with E-state index in [0.29, 0.717) is 12.1 Å². The largest absolute Gasteiger partial charge is 0.466 e. The predicted molar refractivity (Wildman–Crippen MR) is 48.4 cm³/mol. The molecule has 0 fully saturated rings. The lowest BCUT2D eigenvalue weighted by Gasteiger charge is -2.13. The number of hydrogen-bond donors (Lipinski definition) is 0. The van der Waals surface area contributed by atoms with E-state index in [1.807, 2.05) is 0 Å². The van der Waals surface area contributed by atoms with Gasteiger partial charge in [0.1, 0.15) is 0 Å². The van der Waals surface area contributed by atoms with Gasteiger partial charge in [0.05, 0.1) is 25.5 Å². The number of ether oxygens (including phenoxy) is 2. The number of carbonyl (C=O) groups is 2. The van der Waals surface area contributed by atoms with Crippen LogP contribution in [0.1, 0.15) is 0 Å². The number of nitrogens with zero attached hydrogens (tertiary/aromatic N) is 1. The molecular weight excluding hydrogens is 186 g/mol. The van der Waals surface area contributed by atoms with Gasteiger partial charge in [-0.05, 0) is 0 Å². The van der Waals surface area contributed by atoms with Crippen molar-refractivity contribution in [2.24, 2.45) is 0 Å². The molecule has 1 amide bonds. The number of esters is 1. The summed E-state index contributed by atoms with van der Waals surface area (Å²) in [6.07, 6.45) is 2.17. The Bertz CT molecular complexity index is 295. The first-order valence-corrected chi connectivity index (χ1v) is 4.03. The van der Waals surface area contributed by atoms with E-state index in [1.54, 1.807) is 6.08 Å². The molecule has 0 aromatic heterocycles. The zero-order valence-electron chi connectivity index (χ0n) is 7.86. The van der Waals surface area contributed by atoms with Crippen LogP contribution in [0.4, 0.5) is 4.79 Å². The Morgan fingerprint density at radius 2 is 2.36 bits per heavy atom. The summed E-state index contributed by atoms with van der Waals surface area (Å²) in [5.74, 6) is -0.418. The third-order valence-electron chi connectivity index (χ3n) is 1.81. The second-order valence-electron chi connectivity index (χ2n) is 2.65. The first-order chi connectivity index (χ1) is 6.69. The normalized spacial score (nSPS) is 14.6. The number of methoxy groups -OCH3 is 1. The second-order valence-corrected chi connectivity index (χ2v) is 2.65. The minimum Gasteiger partial charge on any atom is -0.466 e. The fourth-order valence-electron chi connectivity index (χ4n) is 1.12. The van der Waals surface area contributed by atoms with E-state index in [0.717, 1.165) is 6.26 Å². The van der Waals surface area contributed by atoms with Crippen molar-refractivity contribution in [3.05, 3.63) is 24.5 Å². The number of hydrogen-bond acceptors (Lipinski definition) is 4. The van der Waals surface area contributed by atoms with Gasteiger partial charge in [-0.1, -0.05) is 12.7 Å². The molecule has 0 spiro atoms. The molecule has 0 aliphatic carbocycles. The number of amides is 1. The van der Waals surface area contributed by atoms with Crippen molar-refractivity contribution in [2.45, 2.75) is 0 Å². The molecule has 1 aliphatic rings. The van der Waals surface area contributed by atoms with Gasteiger partial charge in [-0.2, -0.15) is 0 Å². The van der Waals surface area contributed by atoms with Crippen molar-refractivity contribution >= 4 is 12.1 Å². The fourth-order valence-corrected chi connectivity index (χ4v) is 1.12. The molecule has 1 rings (SSSR count). The van der Waals surface area contributed by atoms with E-state index in [4.69, 9.17) is 0 Å². The van der Waals surface area contributed by atoms with Crippen molar-refractivity contribution in [1.82, 2.24) is 4.90 Å². The summed E-state index contributed by atoms with van der Waals surface area (Å²) in [6.45, 7) is 3.84. The van der Waals surface area contributed by atoms with Crippen LogP contribution in [-0.2, 0) is 14.3 Å². The summed E-state index contributed by atoms with van der Waals surface area (Å²) in [6, 6.07) is 0. The molecule has 76 valence electrons. The van der Waals surface area contributed by atoms with Crippen LogP contribution in [0.3, 0.4) is 0 Å². The molecule has 1 heterocycles. The standard InChI is InChI=1S/C9H11NO4/c1-3-14-9(12)10-5-4-7(6-10)8(11)13-2/h3-4H,1,5-6H2,2H3. The van der Waals surface area contributed by atoms with Crippen molar-refractivity contribution in [3.8, 4) is 0 Å². The van der Waals surface area contributed by atoms with Gasteiger partial charge in [0, 0.05) is 6.54 Å². The lowest BCUT2D eigenvalue weighted by molar-refractivity contribution is -0.136. The lowest BCUT2D eigenvalue weighted by Crippen LogP contribution is -2.29. The van der Waals surface area contributed by atoms with Gasteiger partial charge in [0.25, 0.3) is 0 Å². The van der Waals surface area contributed by atoms with Gasteiger partial charge in [-0.25, -0.2) is 9.59 Å². The summed E-state index contributed by atoms with van der Waals surface area (Å²) in [4.78, 5) is 23.6. The Hall–Kier alpha value is -1.78. The van der Waals surface area contributed by atoms with Gasteiger partial charge in [0.2, 0.25) is 0 Å². The van der Waals surface area contributed by atoms with Crippen LogP contribution in [-0.4, -0.2) is 37.2 Å². The fraction of sp³-hybridized carbons (Fsp3) is 0.333. The Labute approximate surface area is 81.6 Å². The first kappa shape index (κ1) is 10.3. The second kappa shape index (κ2) is 4.45. The molecule has 0 saturated carbocycles. The van der Waals surface area contributed by atoms with E-state index < -0.39 is 12.1 Å². The average Bonchev–Trinajstić information content (AvgIpc) is 2.66. The van der Waals surface area contributed by atoms with E-state index in [1.165, 1.54) is 12.0 Å². The maximum absolute atomic E-state index is 11.1. The molecular formula is C9H11NO4. The van der Waals surface area contributed by atoms with Gasteiger partial charge < -0.3 is 9.47 Å². The van der Waals surface area contributed by atoms with Crippen LogP contribution in [0.15, 0.2) is 24.5 Å². The molecule has 0 aromatic carbocycles. The maximum atomic E-state index is 11.1. The molecule has 0 N–H and O–H groups in total. The average molecular weight is 197 g/mol. The highest BCUT2D eigenvalue weighted by Crippen LogP contribution is 2.11. The van der Waals surface area contributed by atoms with Gasteiger partial charge in [0.15, 0.2) is 0 Å². The Morgan fingerprint density at radius 1 is 1.64 bits per heavy atom. The van der Waals surface area contributed by atoms with Crippen LogP contribution in [0.2, 0.25) is 0 Å². The Kier molecular flexibility index (Phi) is 3.28. The summed E-state index contributed by atoms with van der Waals surface area (Å²) >= 11 is 0. The van der Waals surface area contributed by atoms with Crippen molar-refractivity contribution in [1.29, 1.82) is 0 Å². The smallest absolute Gasteiger partial charge is 0.415 e. The van der Waals surface area contributed by atoms with E-state index >= 15 is 0 Å². The Morgan fingerprint density at radius 3 is 2.93 bits per heavy atom. The van der Waals surface area contributed by atoms with Crippen molar-refractivity contribution < 1.29 is 19.1 Å². The minimum atomic E-state index is -0.518. The zero-order chi connectivity index (χ0) is 10.6. The van der Waals surface area contributed by atoms with Crippen LogP contribution in [0.25, 0.3) is 0 Å². The quantitative estimate of drug-likeness (QED) is 0.482. The SMILES string of the molecule is C=COC(=O)N1CC=C(C(=O)OC)C1. The van der Waals surface area contributed by atoms with Crippen LogP contribution in [0.5, 0.6) is 0 Å². The minimum absolute atomic E-state index is 0.222. The molecule has 0 atom stereocenters. The maximum Gasteiger partial charge on any atom is 0.415 e.